The Morgan fingerprint density at radius 3 is 2.69 bits per heavy atom. The molecule has 2 aromatic carbocycles. The topological polar surface area (TPSA) is 88.4 Å². The van der Waals surface area contributed by atoms with Crippen molar-refractivity contribution in [3.8, 4) is 11.8 Å². The highest BCUT2D eigenvalue weighted by Gasteiger charge is 2.20. The van der Waals surface area contributed by atoms with Crippen molar-refractivity contribution in [3.63, 3.8) is 0 Å². The van der Waals surface area contributed by atoms with Gasteiger partial charge in [-0.25, -0.2) is 0 Å². The molecule has 0 fully saturated rings. The van der Waals surface area contributed by atoms with Crippen LogP contribution in [0.2, 0.25) is 5.02 Å². The maximum atomic E-state index is 12.2. The largest absolute Gasteiger partial charge is 0.496 e. The smallest absolute Gasteiger partial charge is 0.311 e. The Kier molecular flexibility index (Phi) is 6.59. The molecule has 0 aliphatic carbocycles. The lowest BCUT2D eigenvalue weighted by atomic mass is 10.1. The van der Waals surface area contributed by atoms with E-state index in [0.717, 1.165) is 0 Å². The van der Waals surface area contributed by atoms with Crippen molar-refractivity contribution in [3.05, 3.63) is 58.6 Å². The first-order chi connectivity index (χ1) is 12.4. The van der Waals surface area contributed by atoms with Crippen molar-refractivity contribution in [2.45, 2.75) is 19.4 Å². The third-order valence-electron chi connectivity index (χ3n) is 3.56. The molecule has 1 amide bonds. The number of rotatable bonds is 6. The van der Waals surface area contributed by atoms with Crippen LogP contribution in [0.5, 0.6) is 5.75 Å². The number of ether oxygens (including phenoxy) is 2. The molecule has 26 heavy (non-hydrogen) atoms. The standard InChI is InChI=1S/C19H17ClN2O4/c1-12(19(24)22-16-6-4-3-5-13(16)11-21)26-18(23)10-14-9-15(20)7-8-17(14)25-2/h3-9,12H,10H2,1-2H3,(H,22,24)/t12-/m1/s1. The zero-order chi connectivity index (χ0) is 19.1. The van der Waals surface area contributed by atoms with Crippen LogP contribution in [-0.2, 0) is 20.7 Å². The van der Waals surface area contributed by atoms with E-state index in [1.54, 1.807) is 42.5 Å². The minimum atomic E-state index is -1.03. The highest BCUT2D eigenvalue weighted by Crippen LogP contribution is 2.23. The average Bonchev–Trinajstić information content (AvgIpc) is 2.62. The molecule has 0 radical (unpaired) electrons. The summed E-state index contributed by atoms with van der Waals surface area (Å²) in [4.78, 5) is 24.3. The van der Waals surface area contributed by atoms with Gasteiger partial charge in [-0.2, -0.15) is 5.26 Å². The second-order valence-corrected chi connectivity index (χ2v) is 5.85. The molecule has 0 aliphatic rings. The predicted molar refractivity (Wildman–Crippen MR) is 97.0 cm³/mol. The third kappa shape index (κ3) is 4.98. The summed E-state index contributed by atoms with van der Waals surface area (Å²) in [7, 11) is 1.49. The van der Waals surface area contributed by atoms with Crippen LogP contribution in [0.1, 0.15) is 18.1 Å². The zero-order valence-electron chi connectivity index (χ0n) is 14.3. The van der Waals surface area contributed by atoms with Crippen LogP contribution in [0.4, 0.5) is 5.69 Å². The summed E-state index contributed by atoms with van der Waals surface area (Å²) in [5.74, 6) is -0.618. The van der Waals surface area contributed by atoms with E-state index in [4.69, 9.17) is 26.3 Å². The lowest BCUT2D eigenvalue weighted by Gasteiger charge is -2.15. The molecule has 0 aromatic heterocycles. The van der Waals surface area contributed by atoms with Crippen molar-refractivity contribution < 1.29 is 19.1 Å². The van der Waals surface area contributed by atoms with Gasteiger partial charge in [-0.05, 0) is 37.3 Å². The normalized spacial score (nSPS) is 11.2. The van der Waals surface area contributed by atoms with E-state index in [-0.39, 0.29) is 6.42 Å². The molecule has 0 saturated heterocycles. The maximum Gasteiger partial charge on any atom is 0.311 e. The highest BCUT2D eigenvalue weighted by atomic mass is 35.5. The molecule has 0 unspecified atom stereocenters. The second-order valence-electron chi connectivity index (χ2n) is 5.41. The molecule has 0 saturated carbocycles. The van der Waals surface area contributed by atoms with Crippen molar-refractivity contribution in [2.24, 2.45) is 0 Å². The first kappa shape index (κ1) is 19.3. The van der Waals surface area contributed by atoms with Gasteiger partial charge in [0.05, 0.1) is 24.8 Å². The third-order valence-corrected chi connectivity index (χ3v) is 3.80. The van der Waals surface area contributed by atoms with Crippen LogP contribution in [0, 0.1) is 11.3 Å². The lowest BCUT2D eigenvalue weighted by Crippen LogP contribution is -2.30. The van der Waals surface area contributed by atoms with Crippen molar-refractivity contribution in [1.29, 1.82) is 5.26 Å². The van der Waals surface area contributed by atoms with E-state index in [1.165, 1.54) is 14.0 Å². The number of anilines is 1. The van der Waals surface area contributed by atoms with E-state index >= 15 is 0 Å². The molecular weight excluding hydrogens is 356 g/mol. The predicted octanol–water partition coefficient (Wildman–Crippen LogP) is 3.33. The van der Waals surface area contributed by atoms with E-state index in [9.17, 15) is 9.59 Å². The Labute approximate surface area is 156 Å². The highest BCUT2D eigenvalue weighted by molar-refractivity contribution is 6.30. The van der Waals surface area contributed by atoms with Crippen LogP contribution in [0.25, 0.3) is 0 Å². The first-order valence-electron chi connectivity index (χ1n) is 7.76. The van der Waals surface area contributed by atoms with Crippen molar-refractivity contribution in [1.82, 2.24) is 0 Å². The Bertz CT molecular complexity index is 861. The quantitative estimate of drug-likeness (QED) is 0.785. The SMILES string of the molecule is COc1ccc(Cl)cc1CC(=O)O[C@H](C)C(=O)Nc1ccccc1C#N. The molecule has 0 spiro atoms. The van der Waals surface area contributed by atoms with E-state index in [2.05, 4.69) is 5.32 Å². The van der Waals surface area contributed by atoms with Gasteiger partial charge in [0, 0.05) is 10.6 Å². The molecule has 0 bridgehead atoms. The first-order valence-corrected chi connectivity index (χ1v) is 8.14. The molecule has 0 heterocycles. The number of carbonyl (C=O) groups excluding carboxylic acids is 2. The summed E-state index contributed by atoms with van der Waals surface area (Å²) in [5.41, 5.74) is 1.25. The van der Waals surface area contributed by atoms with Gasteiger partial charge in [0.1, 0.15) is 11.8 Å². The maximum absolute atomic E-state index is 12.2. The van der Waals surface area contributed by atoms with Gasteiger partial charge in [-0.15, -0.1) is 0 Å². The summed E-state index contributed by atoms with van der Waals surface area (Å²) >= 11 is 5.93. The fourth-order valence-electron chi connectivity index (χ4n) is 2.26. The van der Waals surface area contributed by atoms with Gasteiger partial charge >= 0.3 is 5.97 Å². The molecular formula is C19H17ClN2O4. The summed E-state index contributed by atoms with van der Waals surface area (Å²) < 4.78 is 10.4. The minimum absolute atomic E-state index is 0.0872. The minimum Gasteiger partial charge on any atom is -0.496 e. The molecule has 6 nitrogen and oxygen atoms in total. The molecule has 0 aliphatic heterocycles. The Morgan fingerprint density at radius 1 is 1.27 bits per heavy atom. The molecule has 7 heteroatoms. The number of nitrogens with zero attached hydrogens (tertiary/aromatic N) is 1. The van der Waals surface area contributed by atoms with E-state index in [0.29, 0.717) is 27.6 Å². The molecule has 134 valence electrons. The molecule has 1 atom stereocenters. The Morgan fingerprint density at radius 2 is 2.00 bits per heavy atom. The van der Waals surface area contributed by atoms with Crippen LogP contribution in [0.15, 0.2) is 42.5 Å². The number of carbonyl (C=O) groups is 2. The number of benzene rings is 2. The lowest BCUT2D eigenvalue weighted by molar-refractivity contribution is -0.152. The molecule has 2 aromatic rings. The fraction of sp³-hybridized carbons (Fsp3) is 0.211. The average molecular weight is 373 g/mol. The number of hydrogen-bond acceptors (Lipinski definition) is 5. The Hall–Kier alpha value is -3.04. The van der Waals surface area contributed by atoms with Crippen LogP contribution in [0.3, 0.4) is 0 Å². The summed E-state index contributed by atoms with van der Waals surface area (Å²) in [5, 5.41) is 12.1. The van der Waals surface area contributed by atoms with E-state index < -0.39 is 18.0 Å². The van der Waals surface area contributed by atoms with Crippen molar-refractivity contribution in [2.75, 3.05) is 12.4 Å². The molecule has 2 rings (SSSR count). The number of nitrogens with one attached hydrogen (secondary N) is 1. The number of para-hydroxylation sites is 1. The van der Waals surface area contributed by atoms with Gasteiger partial charge in [0.25, 0.3) is 5.91 Å². The van der Waals surface area contributed by atoms with Gasteiger partial charge in [-0.1, -0.05) is 23.7 Å². The molecule has 1 N–H and O–H groups in total. The van der Waals surface area contributed by atoms with Gasteiger partial charge in [0.15, 0.2) is 6.10 Å². The number of halogens is 1. The number of esters is 1. The monoisotopic (exact) mass is 372 g/mol. The van der Waals surface area contributed by atoms with Gasteiger partial charge in [-0.3, -0.25) is 9.59 Å². The van der Waals surface area contributed by atoms with Crippen LogP contribution >= 0.6 is 11.6 Å². The summed E-state index contributed by atoms with van der Waals surface area (Å²) in [6, 6.07) is 13.5. The van der Waals surface area contributed by atoms with Gasteiger partial charge in [0.2, 0.25) is 0 Å². The number of nitriles is 1. The van der Waals surface area contributed by atoms with Crippen LogP contribution < -0.4 is 10.1 Å². The summed E-state index contributed by atoms with van der Waals surface area (Å²) in [6.07, 6.45) is -1.12. The second kappa shape index (κ2) is 8.88. The number of hydrogen-bond donors (Lipinski definition) is 1. The Balaban J connectivity index is 1.99. The fourth-order valence-corrected chi connectivity index (χ4v) is 2.45. The zero-order valence-corrected chi connectivity index (χ0v) is 15.0. The van der Waals surface area contributed by atoms with Gasteiger partial charge < -0.3 is 14.8 Å². The van der Waals surface area contributed by atoms with Crippen LogP contribution in [-0.4, -0.2) is 25.1 Å². The number of amides is 1. The van der Waals surface area contributed by atoms with E-state index in [1.807, 2.05) is 6.07 Å². The summed E-state index contributed by atoms with van der Waals surface area (Å²) in [6.45, 7) is 1.46. The van der Waals surface area contributed by atoms with Crippen molar-refractivity contribution >= 4 is 29.2 Å². The number of methoxy groups -OCH3 is 1.